The number of allylic oxidation sites excluding steroid dienone is 1. The van der Waals surface area contributed by atoms with Crippen LogP contribution >= 0.6 is 0 Å². The average Bonchev–Trinajstić information content (AvgIpc) is 3.68. The summed E-state index contributed by atoms with van der Waals surface area (Å²) < 4.78 is 2.35. The van der Waals surface area contributed by atoms with Crippen LogP contribution in [0.15, 0.2) is 205 Å². The number of para-hydroxylation sites is 2. The molecule has 0 saturated heterocycles. The second kappa shape index (κ2) is 16.4. The number of nitrogens with zero attached hydrogens (tertiary/aromatic N) is 3. The molecule has 1 aromatic heterocycles. The summed E-state index contributed by atoms with van der Waals surface area (Å²) in [5, 5.41) is 10.0. The molecule has 0 bridgehead atoms. The van der Waals surface area contributed by atoms with E-state index in [9.17, 15) is 0 Å². The number of aryl methyl sites for hydroxylation is 1. The number of hydrogen-bond acceptors (Lipinski definition) is 1. The predicted octanol–water partition coefficient (Wildman–Crippen LogP) is 15.8. The zero-order valence-electron chi connectivity index (χ0n) is 35.4. The van der Waals surface area contributed by atoms with Gasteiger partial charge in [-0.25, -0.2) is 9.98 Å². The van der Waals surface area contributed by atoms with E-state index in [1.54, 1.807) is 0 Å². The van der Waals surface area contributed by atoms with Crippen LogP contribution in [0.3, 0.4) is 0 Å². The second-order valence-electron chi connectivity index (χ2n) is 15.7. The number of aromatic nitrogens is 1. The van der Waals surface area contributed by atoms with Gasteiger partial charge in [0.1, 0.15) is 0 Å². The van der Waals surface area contributed by atoms with E-state index >= 15 is 0 Å². The zero-order valence-corrected chi connectivity index (χ0v) is 35.4. The van der Waals surface area contributed by atoms with Crippen LogP contribution in [0.4, 0.5) is 0 Å². The Bertz CT molecular complexity index is 3440. The Kier molecular flexibility index (Phi) is 10.2. The number of rotatable bonds is 6. The van der Waals surface area contributed by atoms with Crippen LogP contribution in [0.25, 0.3) is 82.7 Å². The van der Waals surface area contributed by atoms with Crippen molar-refractivity contribution in [1.82, 2.24) is 4.57 Å². The molecule has 0 atom stereocenters. The lowest BCUT2D eigenvalue weighted by Gasteiger charge is -2.21. The highest BCUT2D eigenvalue weighted by atomic mass is 15.0. The van der Waals surface area contributed by atoms with Gasteiger partial charge in [0.2, 0.25) is 0 Å². The molecular weight excluding hydrogens is 751 g/mol. The maximum absolute atomic E-state index is 5.41. The van der Waals surface area contributed by atoms with Gasteiger partial charge >= 0.3 is 0 Å². The highest BCUT2D eigenvalue weighted by Gasteiger charge is 2.20. The fourth-order valence-corrected chi connectivity index (χ4v) is 9.47. The lowest BCUT2D eigenvalue weighted by atomic mass is 9.83. The highest BCUT2D eigenvalue weighted by Crippen LogP contribution is 2.42. The van der Waals surface area contributed by atoms with E-state index in [1.165, 1.54) is 65.3 Å². The predicted molar refractivity (Wildman–Crippen MR) is 268 cm³/mol. The number of benzene rings is 9. The molecule has 1 aliphatic carbocycles. The number of hydrogen-bond donors (Lipinski definition) is 0. The summed E-state index contributed by atoms with van der Waals surface area (Å²) in [4.78, 5) is 10.7. The summed E-state index contributed by atoms with van der Waals surface area (Å²) in [5.41, 5.74) is 13.0. The van der Waals surface area contributed by atoms with Crippen LogP contribution in [-0.2, 0) is 6.42 Å². The molecule has 3 nitrogen and oxygen atoms in total. The van der Waals surface area contributed by atoms with Crippen molar-refractivity contribution in [3.63, 3.8) is 0 Å². The summed E-state index contributed by atoms with van der Waals surface area (Å²) in [6, 6.07) is 64.8. The van der Waals surface area contributed by atoms with Crippen LogP contribution in [0.2, 0.25) is 0 Å². The SMILES string of the molecule is C=C(N=C(N=C(C)c1cc2c3ccccc3c3c(c2c2ccccc12)C=CCC3)c1ccccc1)c1ccccc1-c1ccc2c(c1)c1ccccc1n2-c1ccccc1.CC. The molecule has 11 rings (SSSR count). The first-order valence-corrected chi connectivity index (χ1v) is 21.7. The Balaban J connectivity index is 0.00000226. The van der Waals surface area contributed by atoms with Crippen molar-refractivity contribution in [1.29, 1.82) is 0 Å². The summed E-state index contributed by atoms with van der Waals surface area (Å²) in [5.74, 6) is 0.622. The first kappa shape index (κ1) is 38.6. The van der Waals surface area contributed by atoms with E-state index in [0.29, 0.717) is 11.5 Å². The van der Waals surface area contributed by atoms with Crippen LogP contribution < -0.4 is 0 Å². The molecule has 0 N–H and O–H groups in total. The van der Waals surface area contributed by atoms with Gasteiger partial charge in [0.25, 0.3) is 0 Å². The second-order valence-corrected chi connectivity index (χ2v) is 15.7. The van der Waals surface area contributed by atoms with Gasteiger partial charge in [-0.2, -0.15) is 0 Å². The number of amidine groups is 1. The molecule has 9 aromatic carbocycles. The summed E-state index contributed by atoms with van der Waals surface area (Å²) in [7, 11) is 0. The third-order valence-corrected chi connectivity index (χ3v) is 12.2. The Morgan fingerprint density at radius 1 is 0.532 bits per heavy atom. The summed E-state index contributed by atoms with van der Waals surface area (Å²) >= 11 is 0. The minimum Gasteiger partial charge on any atom is -0.309 e. The van der Waals surface area contributed by atoms with Crippen LogP contribution in [0.1, 0.15) is 55.0 Å². The molecule has 0 aliphatic heterocycles. The Hall–Kier alpha value is -7.62. The molecule has 3 heteroatoms. The summed E-state index contributed by atoms with van der Waals surface area (Å²) in [6.45, 7) is 10.7. The zero-order chi connectivity index (χ0) is 42.2. The molecule has 1 heterocycles. The van der Waals surface area contributed by atoms with Crippen molar-refractivity contribution in [3.8, 4) is 16.8 Å². The van der Waals surface area contributed by atoms with Crippen LogP contribution in [0.5, 0.6) is 0 Å². The molecule has 298 valence electrons. The largest absolute Gasteiger partial charge is 0.309 e. The third-order valence-electron chi connectivity index (χ3n) is 12.2. The molecule has 10 aromatic rings. The maximum atomic E-state index is 5.41. The van der Waals surface area contributed by atoms with Gasteiger partial charge in [-0.15, -0.1) is 0 Å². The molecule has 0 fully saturated rings. The molecular formula is C59H47N3. The number of fused-ring (bicyclic) bond motifs is 11. The van der Waals surface area contributed by atoms with Gasteiger partial charge in [-0.1, -0.05) is 178 Å². The van der Waals surface area contributed by atoms with E-state index in [-0.39, 0.29) is 0 Å². The molecule has 0 amide bonds. The first-order valence-electron chi connectivity index (χ1n) is 21.7. The Morgan fingerprint density at radius 3 is 1.95 bits per heavy atom. The number of aliphatic imine (C=N–C) groups is 2. The third kappa shape index (κ3) is 6.63. The standard InChI is InChI=1S/C57H41N3.C2H6/c1-37(42-23-9-10-24-43(42)40-33-34-55-52(35-40)48-29-17-18-32-54(48)60(55)41-21-7-4-8-22-41)58-57(39-19-5-3-6-20-39)59-38(2)51-36-53-46-27-12-11-25-44(46)45-26-13-15-30-49(45)56(53)50-31-16-14-28-47(50)51;1-2/h3-12,14-25,27-36H,1,13,26H2,2H3;1-2H3. The van der Waals surface area contributed by atoms with Gasteiger partial charge in [0.15, 0.2) is 5.84 Å². The van der Waals surface area contributed by atoms with Crippen molar-refractivity contribution in [2.24, 2.45) is 9.98 Å². The smallest absolute Gasteiger partial charge is 0.160 e. The maximum Gasteiger partial charge on any atom is 0.160 e. The topological polar surface area (TPSA) is 29.6 Å². The van der Waals surface area contributed by atoms with Crippen molar-refractivity contribution >= 4 is 77.4 Å². The fourth-order valence-electron chi connectivity index (χ4n) is 9.47. The average molecular weight is 798 g/mol. The Morgan fingerprint density at radius 2 is 1.16 bits per heavy atom. The fraction of sp³-hybridized carbons (Fsp3) is 0.0847. The van der Waals surface area contributed by atoms with E-state index < -0.39 is 0 Å². The molecule has 0 radical (unpaired) electrons. The van der Waals surface area contributed by atoms with Gasteiger partial charge in [0, 0.05) is 38.9 Å². The van der Waals surface area contributed by atoms with Crippen molar-refractivity contribution in [2.75, 3.05) is 0 Å². The van der Waals surface area contributed by atoms with Gasteiger partial charge in [-0.05, 0) is 111 Å². The quantitative estimate of drug-likeness (QED) is 0.0911. The molecule has 1 aliphatic rings. The van der Waals surface area contributed by atoms with E-state index in [0.717, 1.165) is 52.1 Å². The normalized spacial score (nSPS) is 12.8. The van der Waals surface area contributed by atoms with Crippen molar-refractivity contribution < 1.29 is 0 Å². The molecule has 0 spiro atoms. The van der Waals surface area contributed by atoms with E-state index in [1.807, 2.05) is 32.0 Å². The van der Waals surface area contributed by atoms with Crippen molar-refractivity contribution in [3.05, 3.63) is 222 Å². The molecule has 0 unspecified atom stereocenters. The van der Waals surface area contributed by atoms with E-state index in [4.69, 9.17) is 9.98 Å². The Labute approximate surface area is 363 Å². The molecule has 0 saturated carbocycles. The lowest BCUT2D eigenvalue weighted by molar-refractivity contribution is 1.00. The summed E-state index contributed by atoms with van der Waals surface area (Å²) in [6.07, 6.45) is 6.78. The van der Waals surface area contributed by atoms with Crippen molar-refractivity contribution in [2.45, 2.75) is 33.6 Å². The lowest BCUT2D eigenvalue weighted by Crippen LogP contribution is -2.06. The first-order chi connectivity index (χ1) is 30.6. The highest BCUT2D eigenvalue weighted by molar-refractivity contribution is 6.27. The minimum absolute atomic E-state index is 0.622. The monoisotopic (exact) mass is 797 g/mol. The van der Waals surface area contributed by atoms with E-state index in [2.05, 4.69) is 194 Å². The van der Waals surface area contributed by atoms with Gasteiger partial charge < -0.3 is 4.57 Å². The van der Waals surface area contributed by atoms with Gasteiger partial charge in [-0.3, -0.25) is 0 Å². The minimum atomic E-state index is 0.622. The molecule has 62 heavy (non-hydrogen) atoms. The van der Waals surface area contributed by atoms with Crippen LogP contribution in [-0.4, -0.2) is 16.1 Å². The van der Waals surface area contributed by atoms with Crippen LogP contribution in [0, 0.1) is 0 Å². The van der Waals surface area contributed by atoms with Gasteiger partial charge in [0.05, 0.1) is 16.7 Å².